The van der Waals surface area contributed by atoms with E-state index in [2.05, 4.69) is 9.30 Å². The zero-order chi connectivity index (χ0) is 17.2. The Morgan fingerprint density at radius 1 is 1.09 bits per heavy atom. The number of nitrogens with one attached hydrogen (secondary N) is 1. The van der Waals surface area contributed by atoms with Crippen LogP contribution in [0.4, 0.5) is 5.69 Å². The molecule has 0 aliphatic heterocycles. The van der Waals surface area contributed by atoms with E-state index in [-0.39, 0.29) is 0 Å². The summed E-state index contributed by atoms with van der Waals surface area (Å²) in [5, 5.41) is 2.83. The molecule has 1 aromatic carbocycles. The highest BCUT2D eigenvalue weighted by Crippen LogP contribution is 2.27. The average molecular weight is 374 g/mol. The van der Waals surface area contributed by atoms with Crippen molar-refractivity contribution in [3.63, 3.8) is 0 Å². The van der Waals surface area contributed by atoms with Gasteiger partial charge in [0, 0.05) is 0 Å². The lowest BCUT2D eigenvalue weighted by atomic mass is 10.3. The standard InChI is InChI=1S/C8H10N2O9S3/c9-10-7-2-1-6(5-8(7)21(13,14)15)20(11,12)4-3-19-22(16,17)18/h1-2,5,9H,3-4H2,(H,13,14,15)(H,16,17,18). The van der Waals surface area contributed by atoms with Crippen LogP contribution >= 0.6 is 0 Å². The Kier molecular flexibility index (Phi) is 5.37. The van der Waals surface area contributed by atoms with Gasteiger partial charge in [0.25, 0.3) is 10.1 Å². The molecule has 3 N–H and O–H groups in total. The first kappa shape index (κ1) is 18.6. The third kappa shape index (κ3) is 5.08. The van der Waals surface area contributed by atoms with Crippen molar-refractivity contribution in [1.29, 1.82) is 5.53 Å². The number of sulfone groups is 1. The van der Waals surface area contributed by atoms with Gasteiger partial charge in [-0.3, -0.25) is 9.11 Å². The number of hydrogen-bond donors (Lipinski definition) is 3. The molecule has 124 valence electrons. The topological polar surface area (TPSA) is 188 Å². The molecule has 0 spiro atoms. The van der Waals surface area contributed by atoms with Crippen LogP contribution in [0.2, 0.25) is 0 Å². The summed E-state index contributed by atoms with van der Waals surface area (Å²) >= 11 is 0. The van der Waals surface area contributed by atoms with Crippen LogP contribution in [0.25, 0.3) is 0 Å². The SMILES string of the molecule is N=Nc1ccc(S(=O)(=O)CCOS(=O)(=O)O)cc1S(=O)(=O)O. The maximum atomic E-state index is 11.9. The second kappa shape index (κ2) is 6.35. The molecule has 0 amide bonds. The van der Waals surface area contributed by atoms with Gasteiger partial charge >= 0.3 is 10.4 Å². The van der Waals surface area contributed by atoms with Gasteiger partial charge in [-0.2, -0.15) is 21.9 Å². The van der Waals surface area contributed by atoms with Crippen LogP contribution in [0.3, 0.4) is 0 Å². The lowest BCUT2D eigenvalue weighted by Crippen LogP contribution is -2.16. The molecule has 0 bridgehead atoms. The Balaban J connectivity index is 3.19. The molecule has 1 rings (SSSR count). The molecule has 0 aromatic heterocycles. The lowest BCUT2D eigenvalue weighted by molar-refractivity contribution is 0.284. The minimum atomic E-state index is -4.82. The van der Waals surface area contributed by atoms with E-state index in [1.54, 1.807) is 0 Å². The third-order valence-electron chi connectivity index (χ3n) is 2.27. The Bertz CT molecular complexity index is 887. The first-order chi connectivity index (χ1) is 9.87. The summed E-state index contributed by atoms with van der Waals surface area (Å²) in [5.74, 6) is -0.880. The zero-order valence-corrected chi connectivity index (χ0v) is 13.0. The Morgan fingerprint density at radius 2 is 1.68 bits per heavy atom. The fourth-order valence-electron chi connectivity index (χ4n) is 1.35. The van der Waals surface area contributed by atoms with Gasteiger partial charge in [-0.25, -0.2) is 18.1 Å². The molecule has 0 saturated carbocycles. The van der Waals surface area contributed by atoms with Crippen molar-refractivity contribution in [3.8, 4) is 0 Å². The van der Waals surface area contributed by atoms with Crippen LogP contribution in [0.5, 0.6) is 0 Å². The van der Waals surface area contributed by atoms with Crippen LogP contribution in [-0.2, 0) is 34.5 Å². The number of rotatable bonds is 7. The molecule has 0 fully saturated rings. The van der Waals surface area contributed by atoms with Gasteiger partial charge in [0.2, 0.25) is 0 Å². The summed E-state index contributed by atoms with van der Waals surface area (Å²) in [6.45, 7) is -0.896. The highest BCUT2D eigenvalue weighted by molar-refractivity contribution is 7.91. The van der Waals surface area contributed by atoms with Gasteiger partial charge in [0.05, 0.1) is 17.3 Å². The molecule has 1 aromatic rings. The van der Waals surface area contributed by atoms with Gasteiger partial charge in [-0.15, -0.1) is 0 Å². The summed E-state index contributed by atoms with van der Waals surface area (Å²) < 4.78 is 87.8. The molecule has 0 aliphatic carbocycles. The van der Waals surface area contributed by atoms with E-state index in [0.717, 1.165) is 12.1 Å². The summed E-state index contributed by atoms with van der Waals surface area (Å²) in [4.78, 5) is -1.45. The second-order valence-corrected chi connectivity index (χ2v) is 8.38. The van der Waals surface area contributed by atoms with Crippen LogP contribution < -0.4 is 0 Å². The van der Waals surface area contributed by atoms with Crippen molar-refractivity contribution in [2.75, 3.05) is 12.4 Å². The monoisotopic (exact) mass is 374 g/mol. The molecular formula is C8H10N2O9S3. The quantitative estimate of drug-likeness (QED) is 0.442. The van der Waals surface area contributed by atoms with E-state index in [1.807, 2.05) is 0 Å². The molecule has 0 radical (unpaired) electrons. The largest absolute Gasteiger partial charge is 0.397 e. The number of hydrogen-bond acceptors (Lipinski definition) is 9. The first-order valence-corrected chi connectivity index (χ1v) is 9.66. The highest BCUT2D eigenvalue weighted by atomic mass is 32.3. The average Bonchev–Trinajstić information content (AvgIpc) is 2.35. The molecule has 0 atom stereocenters. The molecule has 22 heavy (non-hydrogen) atoms. The summed E-state index contributed by atoms with van der Waals surface area (Å²) in [5.41, 5.74) is 6.28. The number of nitrogens with zero attached hydrogens (tertiary/aromatic N) is 1. The smallest absolute Gasteiger partial charge is 0.282 e. The minimum absolute atomic E-state index is 0.476. The van der Waals surface area contributed by atoms with Gasteiger partial charge < -0.3 is 0 Å². The van der Waals surface area contributed by atoms with Crippen molar-refractivity contribution < 1.29 is 38.5 Å². The normalized spacial score (nSPS) is 13.0. The molecule has 0 aliphatic rings. The molecule has 11 nitrogen and oxygen atoms in total. The van der Waals surface area contributed by atoms with Gasteiger partial charge in [-0.05, 0) is 18.2 Å². The fourth-order valence-corrected chi connectivity index (χ4v) is 3.59. The van der Waals surface area contributed by atoms with Gasteiger partial charge in [0.15, 0.2) is 9.84 Å². The summed E-state index contributed by atoms with van der Waals surface area (Å²) in [6, 6.07) is 2.38. The maximum Gasteiger partial charge on any atom is 0.397 e. The van der Waals surface area contributed by atoms with E-state index in [0.29, 0.717) is 6.07 Å². The number of benzene rings is 1. The van der Waals surface area contributed by atoms with Crippen molar-refractivity contribution in [3.05, 3.63) is 18.2 Å². The van der Waals surface area contributed by atoms with Gasteiger partial charge in [-0.1, -0.05) is 0 Å². The van der Waals surface area contributed by atoms with Gasteiger partial charge in [0.1, 0.15) is 10.6 Å². The second-order valence-electron chi connectivity index (χ2n) is 3.78. The van der Waals surface area contributed by atoms with Crippen LogP contribution in [0.1, 0.15) is 0 Å². The Labute approximate surface area is 126 Å². The summed E-state index contributed by atoms with van der Waals surface area (Å²) in [6.07, 6.45) is 0. The molecule has 0 heterocycles. The zero-order valence-electron chi connectivity index (χ0n) is 10.6. The Hall–Kier alpha value is -1.45. The maximum absolute atomic E-state index is 11.9. The van der Waals surface area contributed by atoms with E-state index in [9.17, 15) is 25.3 Å². The lowest BCUT2D eigenvalue weighted by Gasteiger charge is -2.07. The van der Waals surface area contributed by atoms with Crippen molar-refractivity contribution in [2.24, 2.45) is 5.11 Å². The third-order valence-corrected chi connectivity index (χ3v) is 5.30. The molecular weight excluding hydrogens is 364 g/mol. The van der Waals surface area contributed by atoms with Crippen LogP contribution in [0, 0.1) is 5.53 Å². The predicted octanol–water partition coefficient (Wildman–Crippen LogP) is 0.189. The minimum Gasteiger partial charge on any atom is -0.282 e. The van der Waals surface area contributed by atoms with E-state index in [4.69, 9.17) is 14.6 Å². The highest BCUT2D eigenvalue weighted by Gasteiger charge is 2.22. The van der Waals surface area contributed by atoms with Crippen LogP contribution in [-0.4, -0.2) is 46.7 Å². The van der Waals surface area contributed by atoms with Crippen LogP contribution in [0.15, 0.2) is 33.1 Å². The first-order valence-electron chi connectivity index (χ1n) is 5.20. The van der Waals surface area contributed by atoms with Crippen molar-refractivity contribution >= 4 is 36.0 Å². The molecule has 0 unspecified atom stereocenters. The van der Waals surface area contributed by atoms with E-state index in [1.165, 1.54) is 0 Å². The molecule has 0 saturated heterocycles. The van der Waals surface area contributed by atoms with E-state index >= 15 is 0 Å². The van der Waals surface area contributed by atoms with Crippen molar-refractivity contribution in [1.82, 2.24) is 0 Å². The Morgan fingerprint density at radius 3 is 2.14 bits per heavy atom. The van der Waals surface area contributed by atoms with Crippen molar-refractivity contribution in [2.45, 2.75) is 9.79 Å². The molecule has 14 heteroatoms. The predicted molar refractivity (Wildman–Crippen MR) is 70.6 cm³/mol. The summed E-state index contributed by atoms with van der Waals surface area (Å²) in [7, 11) is -13.8. The fraction of sp³-hybridized carbons (Fsp3) is 0.250. The van der Waals surface area contributed by atoms with E-state index < -0.39 is 58.2 Å².